The van der Waals surface area contributed by atoms with Crippen molar-refractivity contribution in [1.29, 1.82) is 0 Å². The maximum Gasteiger partial charge on any atom is 0.0964 e. The first-order valence-corrected chi connectivity index (χ1v) is 8.94. The van der Waals surface area contributed by atoms with Crippen LogP contribution in [0.4, 0.5) is 0 Å². The van der Waals surface area contributed by atoms with Crippen molar-refractivity contribution in [3.63, 3.8) is 0 Å². The van der Waals surface area contributed by atoms with Gasteiger partial charge in [-0.2, -0.15) is 0 Å². The summed E-state index contributed by atoms with van der Waals surface area (Å²) in [6.45, 7) is 6.50. The van der Waals surface area contributed by atoms with Gasteiger partial charge in [0.2, 0.25) is 0 Å². The molecule has 0 bridgehead atoms. The smallest absolute Gasteiger partial charge is 0.0964 e. The van der Waals surface area contributed by atoms with Gasteiger partial charge in [-0.15, -0.1) is 5.10 Å². The lowest BCUT2D eigenvalue weighted by atomic mass is 9.95. The number of hydrogen-bond acceptors (Lipinski definition) is 3. The van der Waals surface area contributed by atoms with Crippen LogP contribution in [0, 0.1) is 12.8 Å². The van der Waals surface area contributed by atoms with Crippen LogP contribution in [0.3, 0.4) is 0 Å². The van der Waals surface area contributed by atoms with E-state index < -0.39 is 0 Å². The van der Waals surface area contributed by atoms with Crippen molar-refractivity contribution in [2.24, 2.45) is 13.0 Å². The SMILES string of the molecule is Cc1nnn(C)c1-c1ccc2ncn(C(c3ccccc3)C(C)C)c2c1. The van der Waals surface area contributed by atoms with E-state index in [0.29, 0.717) is 5.92 Å². The summed E-state index contributed by atoms with van der Waals surface area (Å²) in [6.07, 6.45) is 1.96. The zero-order chi connectivity index (χ0) is 18.3. The molecule has 0 saturated heterocycles. The second kappa shape index (κ2) is 6.41. The fourth-order valence-electron chi connectivity index (χ4n) is 3.77. The number of rotatable bonds is 4. The molecule has 2 heterocycles. The Labute approximate surface area is 153 Å². The molecule has 2 aromatic carbocycles. The van der Waals surface area contributed by atoms with Crippen molar-refractivity contribution in [2.45, 2.75) is 26.8 Å². The summed E-state index contributed by atoms with van der Waals surface area (Å²) in [5.41, 5.74) is 6.51. The first-order chi connectivity index (χ1) is 12.6. The Morgan fingerprint density at radius 2 is 1.77 bits per heavy atom. The molecule has 1 atom stereocenters. The first-order valence-electron chi connectivity index (χ1n) is 8.94. The van der Waals surface area contributed by atoms with E-state index in [9.17, 15) is 0 Å². The summed E-state index contributed by atoms with van der Waals surface area (Å²) < 4.78 is 4.12. The molecule has 0 radical (unpaired) electrons. The van der Waals surface area contributed by atoms with Gasteiger partial charge >= 0.3 is 0 Å². The third-order valence-corrected chi connectivity index (χ3v) is 4.92. The molecule has 0 N–H and O–H groups in total. The first kappa shape index (κ1) is 16.5. The average molecular weight is 345 g/mol. The molecular formula is C21H23N5. The molecule has 26 heavy (non-hydrogen) atoms. The standard InChI is InChI=1S/C21H23N5/c1-14(2)20(16-8-6-5-7-9-16)26-13-22-18-11-10-17(12-19(18)26)21-15(3)23-24-25(21)4/h5-14,20H,1-4H3. The molecule has 4 rings (SSSR count). The van der Waals surface area contributed by atoms with E-state index in [0.717, 1.165) is 28.0 Å². The minimum absolute atomic E-state index is 0.238. The lowest BCUT2D eigenvalue weighted by Crippen LogP contribution is -2.15. The molecule has 0 aliphatic heterocycles. The summed E-state index contributed by atoms with van der Waals surface area (Å²) >= 11 is 0. The molecule has 0 spiro atoms. The predicted octanol–water partition coefficient (Wildman–Crippen LogP) is 4.39. The highest BCUT2D eigenvalue weighted by Gasteiger charge is 2.20. The van der Waals surface area contributed by atoms with E-state index in [-0.39, 0.29) is 6.04 Å². The largest absolute Gasteiger partial charge is 0.323 e. The Morgan fingerprint density at radius 3 is 2.42 bits per heavy atom. The lowest BCUT2D eigenvalue weighted by molar-refractivity contribution is 0.446. The van der Waals surface area contributed by atoms with Gasteiger partial charge in [0, 0.05) is 12.6 Å². The minimum atomic E-state index is 0.238. The van der Waals surface area contributed by atoms with Crippen LogP contribution >= 0.6 is 0 Å². The maximum atomic E-state index is 4.64. The van der Waals surface area contributed by atoms with Gasteiger partial charge in [-0.1, -0.05) is 55.5 Å². The number of fused-ring (bicyclic) bond motifs is 1. The average Bonchev–Trinajstić information content (AvgIpc) is 3.19. The summed E-state index contributed by atoms with van der Waals surface area (Å²) in [5, 5.41) is 8.32. The monoisotopic (exact) mass is 345 g/mol. The number of hydrogen-bond donors (Lipinski definition) is 0. The molecule has 0 aliphatic carbocycles. The highest BCUT2D eigenvalue weighted by Crippen LogP contribution is 2.32. The zero-order valence-electron chi connectivity index (χ0n) is 15.6. The van der Waals surface area contributed by atoms with Crippen LogP contribution in [0.15, 0.2) is 54.9 Å². The third-order valence-electron chi connectivity index (χ3n) is 4.92. The highest BCUT2D eigenvalue weighted by molar-refractivity contribution is 5.82. The van der Waals surface area contributed by atoms with Crippen LogP contribution in [0.5, 0.6) is 0 Å². The van der Waals surface area contributed by atoms with E-state index in [4.69, 9.17) is 0 Å². The molecule has 4 aromatic rings. The van der Waals surface area contributed by atoms with Crippen LogP contribution in [0.1, 0.15) is 31.1 Å². The summed E-state index contributed by atoms with van der Waals surface area (Å²) in [7, 11) is 1.93. The Hall–Kier alpha value is -2.95. The molecule has 0 amide bonds. The minimum Gasteiger partial charge on any atom is -0.323 e. The number of aryl methyl sites for hydroxylation is 2. The van der Waals surface area contributed by atoms with Crippen molar-refractivity contribution in [3.8, 4) is 11.3 Å². The van der Waals surface area contributed by atoms with Crippen molar-refractivity contribution in [1.82, 2.24) is 24.5 Å². The molecule has 0 fully saturated rings. The van der Waals surface area contributed by atoms with Crippen LogP contribution in [-0.2, 0) is 7.05 Å². The van der Waals surface area contributed by atoms with Crippen LogP contribution in [-0.4, -0.2) is 24.5 Å². The summed E-state index contributed by atoms with van der Waals surface area (Å²) in [4.78, 5) is 4.64. The summed E-state index contributed by atoms with van der Waals surface area (Å²) in [5.74, 6) is 0.443. The molecule has 132 valence electrons. The second-order valence-electron chi connectivity index (χ2n) is 7.10. The van der Waals surface area contributed by atoms with Crippen molar-refractivity contribution >= 4 is 11.0 Å². The van der Waals surface area contributed by atoms with E-state index in [1.54, 1.807) is 0 Å². The maximum absolute atomic E-state index is 4.64. The quantitative estimate of drug-likeness (QED) is 0.551. The Balaban J connectivity index is 1.89. The Kier molecular flexibility index (Phi) is 4.07. The van der Waals surface area contributed by atoms with Gasteiger partial charge in [0.15, 0.2) is 0 Å². The van der Waals surface area contributed by atoms with Gasteiger partial charge in [0.1, 0.15) is 0 Å². The van der Waals surface area contributed by atoms with Gasteiger partial charge in [0.05, 0.1) is 34.8 Å². The molecule has 2 aromatic heterocycles. The van der Waals surface area contributed by atoms with Gasteiger partial charge < -0.3 is 4.57 Å². The van der Waals surface area contributed by atoms with Gasteiger partial charge in [-0.25, -0.2) is 9.67 Å². The number of aromatic nitrogens is 5. The Morgan fingerprint density at radius 1 is 1.00 bits per heavy atom. The van der Waals surface area contributed by atoms with Gasteiger partial charge in [-0.3, -0.25) is 0 Å². The molecule has 5 heteroatoms. The van der Waals surface area contributed by atoms with E-state index in [2.05, 4.69) is 82.2 Å². The third kappa shape index (κ3) is 2.69. The number of benzene rings is 2. The van der Waals surface area contributed by atoms with Crippen molar-refractivity contribution < 1.29 is 0 Å². The van der Waals surface area contributed by atoms with Crippen LogP contribution < -0.4 is 0 Å². The van der Waals surface area contributed by atoms with E-state index >= 15 is 0 Å². The lowest BCUT2D eigenvalue weighted by Gasteiger charge is -2.24. The fourth-order valence-corrected chi connectivity index (χ4v) is 3.77. The van der Waals surface area contributed by atoms with Crippen molar-refractivity contribution in [2.75, 3.05) is 0 Å². The van der Waals surface area contributed by atoms with Crippen LogP contribution in [0.2, 0.25) is 0 Å². The Bertz CT molecular complexity index is 1020. The summed E-state index contributed by atoms with van der Waals surface area (Å²) in [6, 6.07) is 17.2. The van der Waals surface area contributed by atoms with E-state index in [1.807, 2.05) is 25.0 Å². The van der Waals surface area contributed by atoms with Crippen LogP contribution in [0.25, 0.3) is 22.3 Å². The number of nitrogens with zero attached hydrogens (tertiary/aromatic N) is 5. The molecule has 0 saturated carbocycles. The van der Waals surface area contributed by atoms with E-state index in [1.165, 1.54) is 5.56 Å². The molecule has 1 unspecified atom stereocenters. The van der Waals surface area contributed by atoms with Crippen molar-refractivity contribution in [3.05, 3.63) is 66.1 Å². The topological polar surface area (TPSA) is 48.5 Å². The molecule has 5 nitrogen and oxygen atoms in total. The normalized spacial score (nSPS) is 12.8. The predicted molar refractivity (Wildman–Crippen MR) is 104 cm³/mol. The highest BCUT2D eigenvalue weighted by atomic mass is 15.4. The van der Waals surface area contributed by atoms with Gasteiger partial charge in [0.25, 0.3) is 0 Å². The number of imidazole rings is 1. The molecular weight excluding hydrogens is 322 g/mol. The zero-order valence-corrected chi connectivity index (χ0v) is 15.6. The second-order valence-corrected chi connectivity index (χ2v) is 7.10. The fraction of sp³-hybridized carbons (Fsp3) is 0.286. The molecule has 0 aliphatic rings. The van der Waals surface area contributed by atoms with Gasteiger partial charge in [-0.05, 0) is 30.5 Å².